The first-order valence-electron chi connectivity index (χ1n) is 41.0. The molecule has 0 saturated carbocycles. The number of para-hydroxylation sites is 8. The molecule has 0 aliphatic rings. The fraction of sp³-hybridized carbons (Fsp3) is 0. The van der Waals surface area contributed by atoms with E-state index in [1.54, 1.807) is 0 Å². The van der Waals surface area contributed by atoms with E-state index in [0.29, 0.717) is 0 Å². The van der Waals surface area contributed by atoms with Crippen molar-refractivity contribution >= 4 is 98.3 Å². The highest BCUT2D eigenvalue weighted by Crippen LogP contribution is 2.45. The lowest BCUT2D eigenvalue weighted by Gasteiger charge is -2.15. The minimum Gasteiger partial charge on any atom is -0.309 e. The molecule has 0 fully saturated rings. The summed E-state index contributed by atoms with van der Waals surface area (Å²) < 4.78 is 14.1. The summed E-state index contributed by atoms with van der Waals surface area (Å²) in [6.07, 6.45) is 4.06. The van der Waals surface area contributed by atoms with Crippen LogP contribution in [0.4, 0.5) is 0 Å². The van der Waals surface area contributed by atoms with Crippen LogP contribution in [-0.2, 0) is 0 Å². The zero-order valence-electron chi connectivity index (χ0n) is 65.6. The lowest BCUT2D eigenvalue weighted by atomic mass is 9.97. The average molecular weight is 1530 g/mol. The molecule has 0 atom stereocenters. The van der Waals surface area contributed by atoms with E-state index in [4.69, 9.17) is 4.98 Å². The van der Waals surface area contributed by atoms with Crippen molar-refractivity contribution in [1.82, 2.24) is 32.4 Å². The van der Waals surface area contributed by atoms with E-state index in [9.17, 15) is 0 Å². The molecular weight excluding hydrogens is 1460 g/mol. The van der Waals surface area contributed by atoms with Crippen LogP contribution in [0.2, 0.25) is 0 Å². The van der Waals surface area contributed by atoms with Gasteiger partial charge in [-0.2, -0.15) is 0 Å². The molecule has 0 saturated heterocycles. The summed E-state index contributed by atoms with van der Waals surface area (Å²) in [5.41, 5.74) is 32.0. The van der Waals surface area contributed by atoms with Gasteiger partial charge in [-0.05, 0) is 184 Å². The molecule has 0 radical (unpaired) electrons. The van der Waals surface area contributed by atoms with Gasteiger partial charge in [0.25, 0.3) is 0 Å². The van der Waals surface area contributed by atoms with E-state index in [1.165, 1.54) is 154 Å². The average Bonchev–Trinajstić information content (AvgIpc) is 2.49. The SMILES string of the molecule is c1ccc(-c2ccc(-c3c(-c4ccccc4)c4ccccc4n3-c3ccc(-n4c5ccccc5c5ccccc54)cc3)cc2)cc1.c1ccc(-c2ccc(-c3cc4ccccc4n3-c3ccc(-n4c5ccccc5c5ccccc54)cc3)cc2)cc1.c1ccc(-c2cn(-c3ccc(-n4c5ccccc5c5ccccc54)cc3)c3ncccc23)cc1. The highest BCUT2D eigenvalue weighted by atomic mass is 15.0. The Bertz CT molecular complexity index is 7720. The largest absolute Gasteiger partial charge is 0.309 e. The smallest absolute Gasteiger partial charge is 0.145 e. The van der Waals surface area contributed by atoms with E-state index < -0.39 is 0 Å². The topological polar surface area (TPSA) is 42.5 Å². The van der Waals surface area contributed by atoms with E-state index in [0.717, 1.165) is 45.2 Å². The Kier molecular flexibility index (Phi) is 17.8. The normalized spacial score (nSPS) is 11.5. The first-order valence-corrected chi connectivity index (χ1v) is 41.0. The maximum absolute atomic E-state index is 4.72. The predicted molar refractivity (Wildman–Crippen MR) is 503 cm³/mol. The van der Waals surface area contributed by atoms with Gasteiger partial charge in [-0.3, -0.25) is 0 Å². The second kappa shape index (κ2) is 30.3. The van der Waals surface area contributed by atoms with Crippen molar-refractivity contribution in [2.45, 2.75) is 0 Å². The summed E-state index contributed by atoms with van der Waals surface area (Å²) >= 11 is 0. The molecule has 0 spiro atoms. The van der Waals surface area contributed by atoms with Gasteiger partial charge in [0.1, 0.15) is 5.65 Å². The molecule has 24 rings (SSSR count). The van der Waals surface area contributed by atoms with Gasteiger partial charge in [0.05, 0.1) is 55.5 Å². The van der Waals surface area contributed by atoms with Crippen LogP contribution >= 0.6 is 0 Å². The Hall–Kier alpha value is -16.1. The third-order valence-corrected chi connectivity index (χ3v) is 23.7. The van der Waals surface area contributed by atoms with Crippen molar-refractivity contribution in [1.29, 1.82) is 0 Å². The number of fused-ring (bicyclic) bond motifs is 12. The van der Waals surface area contributed by atoms with Gasteiger partial charge in [0.2, 0.25) is 0 Å². The van der Waals surface area contributed by atoms with Crippen molar-refractivity contribution in [2.24, 2.45) is 0 Å². The van der Waals surface area contributed by atoms with Crippen molar-refractivity contribution in [3.63, 3.8) is 0 Å². The molecule has 7 heterocycles. The molecular formula is C113H77N7. The molecule has 7 nitrogen and oxygen atoms in total. The van der Waals surface area contributed by atoms with Crippen LogP contribution in [-0.4, -0.2) is 32.4 Å². The number of hydrogen-bond donors (Lipinski definition) is 0. The van der Waals surface area contributed by atoms with Gasteiger partial charge in [-0.15, -0.1) is 0 Å². The van der Waals surface area contributed by atoms with Crippen molar-refractivity contribution in [3.05, 3.63) is 467 Å². The highest BCUT2D eigenvalue weighted by Gasteiger charge is 2.24. The second-order valence-electron chi connectivity index (χ2n) is 30.6. The molecule has 0 unspecified atom stereocenters. The summed E-state index contributed by atoms with van der Waals surface area (Å²) in [6.45, 7) is 0. The lowest BCUT2D eigenvalue weighted by Crippen LogP contribution is -1.99. The van der Waals surface area contributed by atoms with Crippen molar-refractivity contribution in [2.75, 3.05) is 0 Å². The van der Waals surface area contributed by atoms with Gasteiger partial charge in [0.15, 0.2) is 0 Å². The third kappa shape index (κ3) is 12.4. The molecule has 7 heteroatoms. The Labute approximate surface area is 694 Å². The van der Waals surface area contributed by atoms with Gasteiger partial charge < -0.3 is 27.4 Å². The number of aromatic nitrogens is 7. The zero-order valence-corrected chi connectivity index (χ0v) is 65.6. The molecule has 120 heavy (non-hydrogen) atoms. The summed E-state index contributed by atoms with van der Waals surface area (Å²) in [6, 6.07) is 163. The molecule has 0 aliphatic heterocycles. The fourth-order valence-corrected chi connectivity index (χ4v) is 18.2. The van der Waals surface area contributed by atoms with Gasteiger partial charge in [-0.1, -0.05) is 315 Å². The van der Waals surface area contributed by atoms with E-state index in [-0.39, 0.29) is 0 Å². The van der Waals surface area contributed by atoms with Crippen LogP contribution < -0.4 is 0 Å². The van der Waals surface area contributed by atoms with E-state index >= 15 is 0 Å². The maximum Gasteiger partial charge on any atom is 0.145 e. The van der Waals surface area contributed by atoms with Crippen LogP contribution in [0.25, 0.3) is 199 Å². The minimum absolute atomic E-state index is 0.964. The number of rotatable bonds is 12. The standard InChI is InChI=1S/C44H30N2.C38H26N2.C31H21N3/c1-3-13-31(14-4-1)32-23-25-34(26-24-32)44-43(33-15-5-2-6-16-33)39-19-9-12-22-42(39)46(44)36-29-27-35(28-30-36)45-40-20-10-7-17-37(40)38-18-8-11-21-41(38)45;1-2-10-27(11-3-1)28-18-20-29(21-19-28)38-26-30-12-4-7-15-35(30)39(38)31-22-24-32(25-23-31)40-36-16-8-5-13-33(36)34-14-6-9-17-37(34)40;1-2-9-22(10-3-1)28-21-33(31-27(28)13-8-20-32-31)23-16-18-24(19-17-23)34-29-14-6-4-11-25(29)26-12-5-7-15-30(26)34/h1-30H;1-26H;1-21H. The predicted octanol–water partition coefficient (Wildman–Crippen LogP) is 29.6. The highest BCUT2D eigenvalue weighted by molar-refractivity contribution is 6.12. The summed E-state index contributed by atoms with van der Waals surface area (Å²) in [4.78, 5) is 4.72. The summed E-state index contributed by atoms with van der Waals surface area (Å²) in [5.74, 6) is 0. The molecule has 0 bridgehead atoms. The van der Waals surface area contributed by atoms with Crippen molar-refractivity contribution in [3.8, 4) is 101 Å². The van der Waals surface area contributed by atoms with Crippen molar-refractivity contribution < 1.29 is 0 Å². The van der Waals surface area contributed by atoms with Crippen LogP contribution in [0.5, 0.6) is 0 Å². The minimum atomic E-state index is 0.964. The van der Waals surface area contributed by atoms with Gasteiger partial charge in [-0.25, -0.2) is 4.98 Å². The Morgan fingerprint density at radius 3 is 0.892 bits per heavy atom. The molecule has 0 aliphatic carbocycles. The molecule has 0 amide bonds. The van der Waals surface area contributed by atoms with Crippen LogP contribution in [0.3, 0.4) is 0 Å². The zero-order chi connectivity index (χ0) is 79.4. The molecule has 17 aromatic carbocycles. The fourth-order valence-electron chi connectivity index (χ4n) is 18.2. The Balaban J connectivity index is 0.000000109. The molecule has 0 N–H and O–H groups in total. The second-order valence-corrected chi connectivity index (χ2v) is 30.6. The third-order valence-electron chi connectivity index (χ3n) is 23.7. The quantitative estimate of drug-likeness (QED) is 0.120. The monoisotopic (exact) mass is 1530 g/mol. The van der Waals surface area contributed by atoms with E-state index in [2.05, 4.69) is 476 Å². The Morgan fingerprint density at radius 2 is 0.475 bits per heavy atom. The summed E-state index contributed by atoms with van der Waals surface area (Å²) in [5, 5.41) is 11.3. The molecule has 7 aromatic heterocycles. The summed E-state index contributed by atoms with van der Waals surface area (Å²) in [7, 11) is 0. The molecule has 564 valence electrons. The maximum atomic E-state index is 4.72. The number of pyridine rings is 1. The van der Waals surface area contributed by atoms with Crippen LogP contribution in [0.15, 0.2) is 467 Å². The van der Waals surface area contributed by atoms with Crippen LogP contribution in [0, 0.1) is 0 Å². The Morgan fingerprint density at radius 1 is 0.183 bits per heavy atom. The van der Waals surface area contributed by atoms with Gasteiger partial charge >= 0.3 is 0 Å². The van der Waals surface area contributed by atoms with Gasteiger partial charge in [0, 0.05) is 106 Å². The molecule has 24 aromatic rings. The number of nitrogens with zero attached hydrogens (tertiary/aromatic N) is 7. The van der Waals surface area contributed by atoms with E-state index in [1.807, 2.05) is 18.3 Å². The number of benzene rings is 17. The van der Waals surface area contributed by atoms with Crippen LogP contribution in [0.1, 0.15) is 0 Å². The first kappa shape index (κ1) is 70.5. The first-order chi connectivity index (χ1) is 59.6. The lowest BCUT2D eigenvalue weighted by molar-refractivity contribution is 1.08. The number of hydrogen-bond acceptors (Lipinski definition) is 1.